The van der Waals surface area contributed by atoms with Crippen molar-refractivity contribution in [3.05, 3.63) is 0 Å². The molecule has 2 heterocycles. The lowest BCUT2D eigenvalue weighted by atomic mass is 10.0. The Morgan fingerprint density at radius 2 is 1.90 bits per heavy atom. The summed E-state index contributed by atoms with van der Waals surface area (Å²) in [5, 5.41) is 6.76. The van der Waals surface area contributed by atoms with Gasteiger partial charge in [0.25, 0.3) is 0 Å². The summed E-state index contributed by atoms with van der Waals surface area (Å²) >= 11 is 0. The highest BCUT2D eigenvalue weighted by atomic mass is 127. The van der Waals surface area contributed by atoms with Crippen LogP contribution in [0.3, 0.4) is 0 Å². The van der Waals surface area contributed by atoms with E-state index in [1.54, 1.807) is 0 Å². The molecule has 1 unspecified atom stereocenters. The maximum absolute atomic E-state index is 5.73. The summed E-state index contributed by atoms with van der Waals surface area (Å²) in [4.78, 5) is 6.57. The van der Waals surface area contributed by atoms with Crippen molar-refractivity contribution in [3.63, 3.8) is 0 Å². The minimum absolute atomic E-state index is 0. The van der Waals surface area contributed by atoms with E-state index >= 15 is 0 Å². The number of nitrogens with one attached hydrogen (secondary N) is 2. The van der Waals surface area contributed by atoms with Gasteiger partial charge in [-0.05, 0) is 25.8 Å². The second-order valence-electron chi connectivity index (χ2n) is 5.64. The lowest BCUT2D eigenvalue weighted by Gasteiger charge is -2.30. The molecular formula is C14H29IN4O2. The number of likely N-dealkylation sites (N-methyl/N-ethyl adjacent to an activating group) is 1. The molecule has 124 valence electrons. The van der Waals surface area contributed by atoms with Crippen LogP contribution in [0.1, 0.15) is 12.8 Å². The number of halogens is 1. The maximum atomic E-state index is 5.73. The zero-order valence-corrected chi connectivity index (χ0v) is 15.5. The molecule has 0 aliphatic carbocycles. The summed E-state index contributed by atoms with van der Waals surface area (Å²) in [6, 6.07) is 0. The van der Waals surface area contributed by atoms with Crippen molar-refractivity contribution in [3.8, 4) is 0 Å². The quantitative estimate of drug-likeness (QED) is 0.401. The first kappa shape index (κ1) is 18.9. The number of nitrogens with zero attached hydrogens (tertiary/aromatic N) is 2. The topological polar surface area (TPSA) is 58.1 Å². The van der Waals surface area contributed by atoms with E-state index in [1.807, 2.05) is 7.05 Å². The minimum atomic E-state index is 0. The number of ether oxygens (including phenoxy) is 2. The number of hydrogen-bond donors (Lipinski definition) is 2. The summed E-state index contributed by atoms with van der Waals surface area (Å²) in [7, 11) is 3.95. The second-order valence-corrected chi connectivity index (χ2v) is 5.64. The Labute approximate surface area is 145 Å². The molecule has 2 aliphatic rings. The number of aliphatic imine (C=N–C) groups is 1. The van der Waals surface area contributed by atoms with Crippen molar-refractivity contribution in [2.75, 3.05) is 60.1 Å². The van der Waals surface area contributed by atoms with Crippen molar-refractivity contribution in [1.82, 2.24) is 15.5 Å². The molecule has 6 nitrogen and oxygen atoms in total. The summed E-state index contributed by atoms with van der Waals surface area (Å²) in [5.74, 6) is 1.56. The number of rotatable bonds is 4. The molecular weight excluding hydrogens is 383 g/mol. The highest BCUT2D eigenvalue weighted by Crippen LogP contribution is 2.12. The minimum Gasteiger partial charge on any atom is -0.381 e. The zero-order valence-electron chi connectivity index (χ0n) is 13.1. The second kappa shape index (κ2) is 10.6. The fourth-order valence-corrected chi connectivity index (χ4v) is 2.61. The molecule has 2 aliphatic heterocycles. The van der Waals surface area contributed by atoms with Crippen LogP contribution < -0.4 is 10.6 Å². The molecule has 0 radical (unpaired) electrons. The average Bonchev–Trinajstić information content (AvgIpc) is 2.48. The summed E-state index contributed by atoms with van der Waals surface area (Å²) in [6.45, 7) is 6.36. The largest absolute Gasteiger partial charge is 0.381 e. The number of hydrogen-bond acceptors (Lipinski definition) is 4. The van der Waals surface area contributed by atoms with Crippen LogP contribution in [0.15, 0.2) is 4.99 Å². The Kier molecular flexibility index (Phi) is 9.54. The zero-order chi connectivity index (χ0) is 14.2. The Balaban J connectivity index is 0.00000220. The van der Waals surface area contributed by atoms with E-state index in [2.05, 4.69) is 27.6 Å². The smallest absolute Gasteiger partial charge is 0.191 e. The molecule has 0 aromatic carbocycles. The lowest BCUT2D eigenvalue weighted by molar-refractivity contribution is -0.0161. The number of guanidine groups is 1. The predicted octanol–water partition coefficient (Wildman–Crippen LogP) is 0.527. The van der Waals surface area contributed by atoms with Gasteiger partial charge in [0, 0.05) is 46.4 Å². The fraction of sp³-hybridized carbons (Fsp3) is 0.929. The van der Waals surface area contributed by atoms with Gasteiger partial charge in [0.1, 0.15) is 0 Å². The Morgan fingerprint density at radius 3 is 2.57 bits per heavy atom. The van der Waals surface area contributed by atoms with Gasteiger partial charge in [-0.1, -0.05) is 0 Å². The van der Waals surface area contributed by atoms with E-state index in [9.17, 15) is 0 Å². The van der Waals surface area contributed by atoms with Gasteiger partial charge in [0.2, 0.25) is 0 Å². The average molecular weight is 412 g/mol. The molecule has 2 fully saturated rings. The van der Waals surface area contributed by atoms with Crippen LogP contribution in [0.25, 0.3) is 0 Å². The van der Waals surface area contributed by atoms with Gasteiger partial charge in [-0.25, -0.2) is 0 Å². The first-order valence-corrected chi connectivity index (χ1v) is 7.60. The van der Waals surface area contributed by atoms with E-state index in [0.29, 0.717) is 5.92 Å². The van der Waals surface area contributed by atoms with Crippen molar-refractivity contribution < 1.29 is 9.47 Å². The monoisotopic (exact) mass is 412 g/mol. The molecule has 7 heteroatoms. The van der Waals surface area contributed by atoms with E-state index in [0.717, 1.165) is 64.8 Å². The van der Waals surface area contributed by atoms with E-state index in [1.165, 1.54) is 0 Å². The molecule has 0 spiro atoms. The molecule has 0 bridgehead atoms. The van der Waals surface area contributed by atoms with Crippen molar-refractivity contribution in [2.24, 2.45) is 10.9 Å². The summed E-state index contributed by atoms with van der Waals surface area (Å²) in [6.07, 6.45) is 2.52. The third kappa shape index (κ3) is 7.12. The van der Waals surface area contributed by atoms with Gasteiger partial charge in [-0.3, -0.25) is 4.99 Å². The third-order valence-electron chi connectivity index (χ3n) is 3.96. The van der Waals surface area contributed by atoms with Crippen LogP contribution in [-0.2, 0) is 9.47 Å². The first-order valence-electron chi connectivity index (χ1n) is 7.60. The van der Waals surface area contributed by atoms with Gasteiger partial charge in [0.15, 0.2) is 5.96 Å². The van der Waals surface area contributed by atoms with Crippen LogP contribution >= 0.6 is 24.0 Å². The fourth-order valence-electron chi connectivity index (χ4n) is 2.61. The normalized spacial score (nSPS) is 25.2. The predicted molar refractivity (Wildman–Crippen MR) is 95.6 cm³/mol. The standard InChI is InChI=1S/C14H28N4O2.HI/c1-15-14(16-9-12-3-6-19-7-4-12)17-10-13-11-18(2)5-8-20-13;/h12-13H,3-11H2,1-2H3,(H2,15,16,17);1H. The van der Waals surface area contributed by atoms with Crippen LogP contribution in [0.2, 0.25) is 0 Å². The van der Waals surface area contributed by atoms with Gasteiger partial charge < -0.3 is 25.0 Å². The molecule has 0 aromatic heterocycles. The summed E-state index contributed by atoms with van der Waals surface area (Å²) < 4.78 is 11.1. The third-order valence-corrected chi connectivity index (χ3v) is 3.96. The molecule has 21 heavy (non-hydrogen) atoms. The number of morpholine rings is 1. The van der Waals surface area contributed by atoms with Crippen LogP contribution in [0, 0.1) is 5.92 Å². The first-order chi connectivity index (χ1) is 9.78. The highest BCUT2D eigenvalue weighted by molar-refractivity contribution is 14.0. The Bertz CT molecular complexity index is 311. The van der Waals surface area contributed by atoms with E-state index in [4.69, 9.17) is 9.47 Å². The van der Waals surface area contributed by atoms with Gasteiger partial charge in [-0.2, -0.15) is 0 Å². The molecule has 0 amide bonds. The summed E-state index contributed by atoms with van der Waals surface area (Å²) in [5.41, 5.74) is 0. The highest BCUT2D eigenvalue weighted by Gasteiger charge is 2.18. The van der Waals surface area contributed by atoms with Crippen LogP contribution in [0.5, 0.6) is 0 Å². The lowest BCUT2D eigenvalue weighted by Crippen LogP contribution is -2.49. The van der Waals surface area contributed by atoms with E-state index < -0.39 is 0 Å². The maximum Gasteiger partial charge on any atom is 0.191 e. The Morgan fingerprint density at radius 1 is 1.19 bits per heavy atom. The van der Waals surface area contributed by atoms with Crippen molar-refractivity contribution >= 4 is 29.9 Å². The van der Waals surface area contributed by atoms with Gasteiger partial charge in [-0.15, -0.1) is 24.0 Å². The molecule has 1 atom stereocenters. The van der Waals surface area contributed by atoms with Crippen molar-refractivity contribution in [2.45, 2.75) is 18.9 Å². The molecule has 2 saturated heterocycles. The molecule has 0 saturated carbocycles. The van der Waals surface area contributed by atoms with Crippen LogP contribution in [0.4, 0.5) is 0 Å². The van der Waals surface area contributed by atoms with Crippen molar-refractivity contribution in [1.29, 1.82) is 0 Å². The Hall–Kier alpha value is -0.120. The van der Waals surface area contributed by atoms with Gasteiger partial charge in [0.05, 0.1) is 12.7 Å². The van der Waals surface area contributed by atoms with Gasteiger partial charge >= 0.3 is 0 Å². The molecule has 2 rings (SSSR count). The molecule has 0 aromatic rings. The SMILES string of the molecule is CN=C(NCC1CCOCC1)NCC1CN(C)CCO1.I. The van der Waals surface area contributed by atoms with Crippen LogP contribution in [-0.4, -0.2) is 77.1 Å². The van der Waals surface area contributed by atoms with E-state index in [-0.39, 0.29) is 30.1 Å². The molecule has 2 N–H and O–H groups in total.